The zero-order chi connectivity index (χ0) is 15.0. The number of carbonyl (C=O) groups is 1. The van der Waals surface area contributed by atoms with Gasteiger partial charge in [-0.3, -0.25) is 4.79 Å². The Balaban J connectivity index is 2.75. The summed E-state index contributed by atoms with van der Waals surface area (Å²) in [6.07, 6.45) is 4.26. The van der Waals surface area contributed by atoms with Crippen molar-refractivity contribution in [1.82, 2.24) is 0 Å². The predicted molar refractivity (Wildman–Crippen MR) is 83.9 cm³/mol. The summed E-state index contributed by atoms with van der Waals surface area (Å²) >= 11 is 0. The molecule has 0 spiro atoms. The van der Waals surface area contributed by atoms with E-state index in [-0.39, 0.29) is 11.7 Å². The zero-order valence-electron chi connectivity index (χ0n) is 13.0. The third-order valence-electron chi connectivity index (χ3n) is 4.10. The monoisotopic (exact) mass is 276 g/mol. The molecule has 3 unspecified atom stereocenters. The van der Waals surface area contributed by atoms with Crippen LogP contribution in [-0.2, 0) is 0 Å². The Bertz CT molecular complexity index is 386. The van der Waals surface area contributed by atoms with Gasteiger partial charge in [0.15, 0.2) is 5.78 Å². The second-order valence-electron chi connectivity index (χ2n) is 5.83. The summed E-state index contributed by atoms with van der Waals surface area (Å²) in [5.41, 5.74) is 0.616. The van der Waals surface area contributed by atoms with E-state index in [4.69, 9.17) is 0 Å². The van der Waals surface area contributed by atoms with E-state index in [1.54, 1.807) is 12.1 Å². The van der Waals surface area contributed by atoms with Crippen molar-refractivity contribution in [3.63, 3.8) is 0 Å². The van der Waals surface area contributed by atoms with Crippen molar-refractivity contribution >= 4 is 5.78 Å². The fourth-order valence-electron chi connectivity index (χ4n) is 2.54. The van der Waals surface area contributed by atoms with Gasteiger partial charge in [0.2, 0.25) is 0 Å². The maximum absolute atomic E-state index is 12.4. The molecule has 0 aromatic heterocycles. The molecule has 0 saturated heterocycles. The van der Waals surface area contributed by atoms with E-state index in [0.717, 1.165) is 32.1 Å². The van der Waals surface area contributed by atoms with Gasteiger partial charge in [0.1, 0.15) is 6.10 Å². The molecular weight excluding hydrogens is 248 g/mol. The van der Waals surface area contributed by atoms with Gasteiger partial charge in [-0.2, -0.15) is 0 Å². The van der Waals surface area contributed by atoms with Crippen LogP contribution in [0.5, 0.6) is 0 Å². The van der Waals surface area contributed by atoms with E-state index in [1.807, 2.05) is 18.2 Å². The van der Waals surface area contributed by atoms with Crippen LogP contribution in [0.1, 0.15) is 63.2 Å². The number of rotatable bonds is 9. The SMILES string of the molecule is CCCCC(CC(C)CC)C(O)C(=O)c1ccccc1. The van der Waals surface area contributed by atoms with E-state index >= 15 is 0 Å². The van der Waals surface area contributed by atoms with Crippen molar-refractivity contribution < 1.29 is 9.90 Å². The Morgan fingerprint density at radius 2 is 1.85 bits per heavy atom. The van der Waals surface area contributed by atoms with Crippen LogP contribution in [-0.4, -0.2) is 17.0 Å². The summed E-state index contributed by atoms with van der Waals surface area (Å²) in [7, 11) is 0. The van der Waals surface area contributed by atoms with Gasteiger partial charge < -0.3 is 5.11 Å². The average Bonchev–Trinajstić information content (AvgIpc) is 2.50. The highest BCUT2D eigenvalue weighted by Crippen LogP contribution is 2.25. The lowest BCUT2D eigenvalue weighted by Gasteiger charge is -2.24. The van der Waals surface area contributed by atoms with Gasteiger partial charge in [0.25, 0.3) is 0 Å². The van der Waals surface area contributed by atoms with Crippen LogP contribution >= 0.6 is 0 Å². The molecule has 1 N–H and O–H groups in total. The van der Waals surface area contributed by atoms with Crippen molar-refractivity contribution in [1.29, 1.82) is 0 Å². The zero-order valence-corrected chi connectivity index (χ0v) is 13.0. The van der Waals surface area contributed by atoms with Crippen molar-refractivity contribution in [2.45, 2.75) is 59.0 Å². The Morgan fingerprint density at radius 3 is 2.40 bits per heavy atom. The number of aliphatic hydroxyl groups is 1. The van der Waals surface area contributed by atoms with Crippen molar-refractivity contribution in [3.8, 4) is 0 Å². The Kier molecular flexibility index (Phi) is 7.53. The van der Waals surface area contributed by atoms with Gasteiger partial charge in [-0.1, -0.05) is 70.4 Å². The van der Waals surface area contributed by atoms with Crippen molar-refractivity contribution in [2.24, 2.45) is 11.8 Å². The van der Waals surface area contributed by atoms with Gasteiger partial charge in [0.05, 0.1) is 0 Å². The Labute approximate surface area is 123 Å². The summed E-state index contributed by atoms with van der Waals surface area (Å²) in [6.45, 7) is 6.50. The van der Waals surface area contributed by atoms with Crippen LogP contribution in [0, 0.1) is 11.8 Å². The molecule has 0 aliphatic heterocycles. The molecule has 0 bridgehead atoms. The number of hydrogen-bond acceptors (Lipinski definition) is 2. The summed E-state index contributed by atoms with van der Waals surface area (Å²) in [5, 5.41) is 10.5. The molecule has 1 aromatic rings. The van der Waals surface area contributed by atoms with E-state index in [1.165, 1.54) is 0 Å². The van der Waals surface area contributed by atoms with Gasteiger partial charge in [-0.05, 0) is 24.7 Å². The molecule has 2 nitrogen and oxygen atoms in total. The summed E-state index contributed by atoms with van der Waals surface area (Å²) < 4.78 is 0. The fourth-order valence-corrected chi connectivity index (χ4v) is 2.54. The number of benzene rings is 1. The first-order valence-corrected chi connectivity index (χ1v) is 7.87. The third-order valence-corrected chi connectivity index (χ3v) is 4.10. The molecule has 1 rings (SSSR count). The van der Waals surface area contributed by atoms with Gasteiger partial charge >= 0.3 is 0 Å². The summed E-state index contributed by atoms with van der Waals surface area (Å²) in [6, 6.07) is 9.14. The maximum atomic E-state index is 12.4. The third kappa shape index (κ3) is 5.09. The molecule has 0 fully saturated rings. The van der Waals surface area contributed by atoms with E-state index < -0.39 is 6.10 Å². The van der Waals surface area contributed by atoms with Crippen molar-refractivity contribution in [2.75, 3.05) is 0 Å². The number of aliphatic hydroxyl groups excluding tert-OH is 1. The van der Waals surface area contributed by atoms with E-state index in [0.29, 0.717) is 11.5 Å². The lowest BCUT2D eigenvalue weighted by atomic mass is 9.83. The molecule has 0 aliphatic rings. The highest BCUT2D eigenvalue weighted by atomic mass is 16.3. The molecule has 0 aliphatic carbocycles. The summed E-state index contributed by atoms with van der Waals surface area (Å²) in [5.74, 6) is 0.502. The van der Waals surface area contributed by atoms with Crippen LogP contribution in [0.15, 0.2) is 30.3 Å². The molecule has 2 heteroatoms. The first-order chi connectivity index (χ1) is 9.60. The normalized spacial score (nSPS) is 15.6. The molecule has 0 heterocycles. The van der Waals surface area contributed by atoms with E-state index in [9.17, 15) is 9.90 Å². The standard InChI is InChI=1S/C18H28O2/c1-4-6-10-16(13-14(3)5-2)18(20)17(19)15-11-8-7-9-12-15/h7-9,11-12,14,16,18,20H,4-6,10,13H2,1-3H3. The minimum atomic E-state index is -0.863. The fraction of sp³-hybridized carbons (Fsp3) is 0.611. The smallest absolute Gasteiger partial charge is 0.191 e. The van der Waals surface area contributed by atoms with Crippen LogP contribution in [0.3, 0.4) is 0 Å². The molecule has 3 atom stereocenters. The number of ketones is 1. The minimum absolute atomic E-state index is 0.0811. The Hall–Kier alpha value is -1.15. The topological polar surface area (TPSA) is 37.3 Å². The second-order valence-corrected chi connectivity index (χ2v) is 5.83. The number of unbranched alkanes of at least 4 members (excludes halogenated alkanes) is 1. The highest BCUT2D eigenvalue weighted by Gasteiger charge is 2.27. The molecule has 0 saturated carbocycles. The van der Waals surface area contributed by atoms with Gasteiger partial charge in [-0.25, -0.2) is 0 Å². The van der Waals surface area contributed by atoms with Crippen molar-refractivity contribution in [3.05, 3.63) is 35.9 Å². The predicted octanol–water partition coefficient (Wildman–Crippen LogP) is 4.47. The van der Waals surface area contributed by atoms with Crippen LogP contribution in [0.4, 0.5) is 0 Å². The van der Waals surface area contributed by atoms with Crippen LogP contribution < -0.4 is 0 Å². The Morgan fingerprint density at radius 1 is 1.20 bits per heavy atom. The van der Waals surface area contributed by atoms with Gasteiger partial charge in [0, 0.05) is 5.56 Å². The first kappa shape index (κ1) is 16.9. The number of Topliss-reactive ketones (excluding diaryl/α,β-unsaturated/α-hetero) is 1. The minimum Gasteiger partial charge on any atom is -0.385 e. The molecular formula is C18H28O2. The van der Waals surface area contributed by atoms with Crippen LogP contribution in [0.2, 0.25) is 0 Å². The molecule has 20 heavy (non-hydrogen) atoms. The van der Waals surface area contributed by atoms with Crippen LogP contribution in [0.25, 0.3) is 0 Å². The molecule has 0 radical (unpaired) electrons. The first-order valence-electron chi connectivity index (χ1n) is 7.87. The molecule has 112 valence electrons. The quantitative estimate of drug-likeness (QED) is 0.675. The largest absolute Gasteiger partial charge is 0.385 e. The van der Waals surface area contributed by atoms with E-state index in [2.05, 4.69) is 20.8 Å². The molecule has 1 aromatic carbocycles. The highest BCUT2D eigenvalue weighted by molar-refractivity contribution is 5.99. The van der Waals surface area contributed by atoms with Gasteiger partial charge in [-0.15, -0.1) is 0 Å². The second kappa shape index (κ2) is 8.91. The maximum Gasteiger partial charge on any atom is 0.191 e. The summed E-state index contributed by atoms with van der Waals surface area (Å²) in [4.78, 5) is 12.4. The lowest BCUT2D eigenvalue weighted by Crippen LogP contribution is -2.31. The lowest BCUT2D eigenvalue weighted by molar-refractivity contribution is 0.0540. The average molecular weight is 276 g/mol. The molecule has 0 amide bonds. The number of carbonyl (C=O) groups excluding carboxylic acids is 1. The number of hydrogen-bond donors (Lipinski definition) is 1.